The first-order valence-corrected chi connectivity index (χ1v) is 5.60. The fourth-order valence-corrected chi connectivity index (χ4v) is 1.64. The average Bonchev–Trinajstić information content (AvgIpc) is 2.40. The predicted octanol–water partition coefficient (Wildman–Crippen LogP) is 2.48. The van der Waals surface area contributed by atoms with Crippen LogP contribution in [-0.2, 0) is 0 Å². The van der Waals surface area contributed by atoms with Crippen molar-refractivity contribution in [2.75, 3.05) is 5.32 Å². The minimum Gasteiger partial charge on any atom is -0.508 e. The average molecular weight is 275 g/mol. The first-order chi connectivity index (χ1) is 9.47. The van der Waals surface area contributed by atoms with E-state index in [4.69, 9.17) is 5.11 Å². The van der Waals surface area contributed by atoms with Crippen molar-refractivity contribution in [3.8, 4) is 5.75 Å². The first-order valence-electron chi connectivity index (χ1n) is 5.60. The summed E-state index contributed by atoms with van der Waals surface area (Å²) in [5.41, 5.74) is -0.212. The van der Waals surface area contributed by atoms with E-state index in [0.717, 1.165) is 12.1 Å². The monoisotopic (exact) mass is 275 g/mol. The molecule has 0 saturated carbocycles. The Balaban J connectivity index is 2.30. The van der Waals surface area contributed by atoms with Gasteiger partial charge in [0.2, 0.25) is 0 Å². The van der Waals surface area contributed by atoms with Gasteiger partial charge in [-0.2, -0.15) is 0 Å². The van der Waals surface area contributed by atoms with Crippen molar-refractivity contribution < 1.29 is 24.2 Å². The lowest BCUT2D eigenvalue weighted by molar-refractivity contribution is 0.0697. The van der Waals surface area contributed by atoms with Gasteiger partial charge in [0.15, 0.2) is 0 Å². The molecule has 20 heavy (non-hydrogen) atoms. The summed E-state index contributed by atoms with van der Waals surface area (Å²) in [6.07, 6.45) is 0. The smallest absolute Gasteiger partial charge is 0.337 e. The fraction of sp³-hybridized carbons (Fsp3) is 0. The molecule has 3 N–H and O–H groups in total. The van der Waals surface area contributed by atoms with Gasteiger partial charge in [-0.25, -0.2) is 9.18 Å². The second kappa shape index (κ2) is 5.40. The standard InChI is InChI=1S/C14H10FNO4/c15-9-4-5-12(11(7-9)14(19)20)16-13(18)8-2-1-3-10(17)6-8/h1-7,17H,(H,16,18)(H,19,20). The molecule has 0 unspecified atom stereocenters. The van der Waals surface area contributed by atoms with Gasteiger partial charge in [-0.05, 0) is 36.4 Å². The molecule has 0 heterocycles. The largest absolute Gasteiger partial charge is 0.508 e. The minimum atomic E-state index is -1.35. The molecule has 0 saturated heterocycles. The van der Waals surface area contributed by atoms with Crippen LogP contribution in [0.25, 0.3) is 0 Å². The van der Waals surface area contributed by atoms with Gasteiger partial charge in [0.05, 0.1) is 11.3 Å². The maximum atomic E-state index is 13.0. The van der Waals surface area contributed by atoms with Gasteiger partial charge in [0, 0.05) is 5.56 Å². The van der Waals surface area contributed by atoms with E-state index in [2.05, 4.69) is 5.32 Å². The van der Waals surface area contributed by atoms with E-state index < -0.39 is 17.7 Å². The van der Waals surface area contributed by atoms with E-state index in [9.17, 15) is 19.1 Å². The zero-order valence-corrected chi connectivity index (χ0v) is 10.1. The third-order valence-electron chi connectivity index (χ3n) is 2.57. The van der Waals surface area contributed by atoms with Gasteiger partial charge in [0.1, 0.15) is 11.6 Å². The van der Waals surface area contributed by atoms with Crippen LogP contribution in [-0.4, -0.2) is 22.1 Å². The Bertz CT molecular complexity index is 685. The van der Waals surface area contributed by atoms with Crippen LogP contribution >= 0.6 is 0 Å². The number of aromatic carboxylic acids is 1. The number of benzene rings is 2. The highest BCUT2D eigenvalue weighted by Crippen LogP contribution is 2.19. The Hall–Kier alpha value is -2.89. The fourth-order valence-electron chi connectivity index (χ4n) is 1.64. The summed E-state index contributed by atoms with van der Waals surface area (Å²) in [5, 5.41) is 20.6. The Labute approximate surface area is 113 Å². The molecule has 0 fully saturated rings. The summed E-state index contributed by atoms with van der Waals surface area (Å²) >= 11 is 0. The van der Waals surface area contributed by atoms with Crippen LogP contribution in [0.5, 0.6) is 5.75 Å². The number of carbonyl (C=O) groups excluding carboxylic acids is 1. The molecule has 5 nitrogen and oxygen atoms in total. The number of hydrogen-bond acceptors (Lipinski definition) is 3. The van der Waals surface area contributed by atoms with Gasteiger partial charge >= 0.3 is 5.97 Å². The zero-order chi connectivity index (χ0) is 14.7. The number of anilines is 1. The van der Waals surface area contributed by atoms with E-state index in [-0.39, 0.29) is 22.6 Å². The van der Waals surface area contributed by atoms with Crippen LogP contribution in [0, 0.1) is 5.82 Å². The molecule has 0 atom stereocenters. The number of halogens is 1. The Morgan fingerprint density at radius 3 is 2.50 bits per heavy atom. The van der Waals surface area contributed by atoms with Crippen molar-refractivity contribution in [2.45, 2.75) is 0 Å². The van der Waals surface area contributed by atoms with Crippen molar-refractivity contribution in [2.24, 2.45) is 0 Å². The number of nitrogens with one attached hydrogen (secondary N) is 1. The number of carbonyl (C=O) groups is 2. The third-order valence-corrected chi connectivity index (χ3v) is 2.57. The molecule has 0 aliphatic rings. The summed E-state index contributed by atoms with van der Waals surface area (Å²) < 4.78 is 13.0. The number of hydrogen-bond donors (Lipinski definition) is 3. The lowest BCUT2D eigenvalue weighted by Gasteiger charge is -2.08. The van der Waals surface area contributed by atoms with E-state index >= 15 is 0 Å². The molecule has 1 amide bonds. The van der Waals surface area contributed by atoms with E-state index in [1.54, 1.807) is 0 Å². The molecule has 0 aliphatic carbocycles. The number of amides is 1. The Morgan fingerprint density at radius 1 is 1.10 bits per heavy atom. The van der Waals surface area contributed by atoms with Crippen LogP contribution in [0.4, 0.5) is 10.1 Å². The molecule has 102 valence electrons. The number of phenols is 1. The highest BCUT2D eigenvalue weighted by atomic mass is 19.1. The predicted molar refractivity (Wildman–Crippen MR) is 69.4 cm³/mol. The molecular weight excluding hydrogens is 265 g/mol. The normalized spacial score (nSPS) is 10.1. The number of aromatic hydroxyl groups is 1. The SMILES string of the molecule is O=C(Nc1ccc(F)cc1C(=O)O)c1cccc(O)c1. The van der Waals surface area contributed by atoms with Gasteiger partial charge in [-0.1, -0.05) is 6.07 Å². The van der Waals surface area contributed by atoms with Crippen molar-refractivity contribution in [3.05, 3.63) is 59.4 Å². The van der Waals surface area contributed by atoms with Crippen LogP contribution in [0.1, 0.15) is 20.7 Å². The third kappa shape index (κ3) is 2.92. The van der Waals surface area contributed by atoms with Crippen LogP contribution in [0.15, 0.2) is 42.5 Å². The zero-order valence-electron chi connectivity index (χ0n) is 10.1. The Morgan fingerprint density at radius 2 is 1.85 bits per heavy atom. The van der Waals surface area contributed by atoms with E-state index in [1.165, 1.54) is 30.3 Å². The highest BCUT2D eigenvalue weighted by molar-refractivity contribution is 6.07. The molecule has 0 spiro atoms. The summed E-state index contributed by atoms with van der Waals surface area (Å²) in [5.74, 6) is -2.75. The summed E-state index contributed by atoms with van der Waals surface area (Å²) in [6, 6.07) is 8.60. The molecule has 0 radical (unpaired) electrons. The molecule has 2 aromatic rings. The second-order valence-corrected chi connectivity index (χ2v) is 4.00. The molecule has 0 aliphatic heterocycles. The molecular formula is C14H10FNO4. The molecule has 2 aromatic carbocycles. The Kier molecular flexibility index (Phi) is 3.65. The van der Waals surface area contributed by atoms with Crippen molar-refractivity contribution in [3.63, 3.8) is 0 Å². The van der Waals surface area contributed by atoms with Gasteiger partial charge in [-0.15, -0.1) is 0 Å². The topological polar surface area (TPSA) is 86.6 Å². The van der Waals surface area contributed by atoms with Crippen LogP contribution in [0.3, 0.4) is 0 Å². The maximum absolute atomic E-state index is 13.0. The number of phenolic OH excluding ortho intramolecular Hbond substituents is 1. The van der Waals surface area contributed by atoms with Crippen molar-refractivity contribution >= 4 is 17.6 Å². The van der Waals surface area contributed by atoms with Gasteiger partial charge in [0.25, 0.3) is 5.91 Å². The van der Waals surface area contributed by atoms with E-state index in [0.29, 0.717) is 0 Å². The van der Waals surface area contributed by atoms with Crippen molar-refractivity contribution in [1.29, 1.82) is 0 Å². The lowest BCUT2D eigenvalue weighted by Crippen LogP contribution is -2.14. The quantitative estimate of drug-likeness (QED) is 0.803. The molecule has 0 bridgehead atoms. The number of carboxylic acids is 1. The second-order valence-electron chi connectivity index (χ2n) is 4.00. The molecule has 6 heteroatoms. The number of rotatable bonds is 3. The number of carboxylic acid groups (broad SMARTS) is 1. The van der Waals surface area contributed by atoms with E-state index in [1.807, 2.05) is 0 Å². The molecule has 2 rings (SSSR count). The van der Waals surface area contributed by atoms with Crippen molar-refractivity contribution in [1.82, 2.24) is 0 Å². The van der Waals surface area contributed by atoms with Gasteiger partial charge in [-0.3, -0.25) is 4.79 Å². The highest BCUT2D eigenvalue weighted by Gasteiger charge is 2.14. The van der Waals surface area contributed by atoms with Crippen LogP contribution in [0.2, 0.25) is 0 Å². The van der Waals surface area contributed by atoms with Gasteiger partial charge < -0.3 is 15.5 Å². The lowest BCUT2D eigenvalue weighted by atomic mass is 10.1. The molecule has 0 aromatic heterocycles. The van der Waals surface area contributed by atoms with Crippen LogP contribution < -0.4 is 5.32 Å². The maximum Gasteiger partial charge on any atom is 0.337 e. The summed E-state index contributed by atoms with van der Waals surface area (Å²) in [6.45, 7) is 0. The summed E-state index contributed by atoms with van der Waals surface area (Å²) in [4.78, 5) is 22.9. The minimum absolute atomic E-state index is 0.0211. The first kappa shape index (κ1) is 13.5. The summed E-state index contributed by atoms with van der Waals surface area (Å²) in [7, 11) is 0.